The number of rotatable bonds is 7. The molecule has 0 amide bonds. The van der Waals surface area contributed by atoms with Crippen LogP contribution < -0.4 is 5.32 Å². The SMILES string of the molecule is CCCC(CC)NCc1ccc([N+](=O)[O-])s1. The van der Waals surface area contributed by atoms with Crippen LogP contribution in [0.5, 0.6) is 0 Å². The van der Waals surface area contributed by atoms with Gasteiger partial charge in [0.2, 0.25) is 0 Å². The Labute approximate surface area is 99.8 Å². The first-order valence-corrected chi connectivity index (χ1v) is 6.45. The van der Waals surface area contributed by atoms with Gasteiger partial charge in [-0.3, -0.25) is 10.1 Å². The standard InChI is InChI=1S/C11H18N2O2S/c1-3-5-9(4-2)12-8-10-6-7-11(16-10)13(14)15/h6-7,9,12H,3-5,8H2,1-2H3. The third-order valence-corrected chi connectivity index (χ3v) is 3.56. The summed E-state index contributed by atoms with van der Waals surface area (Å²) in [7, 11) is 0. The molecule has 1 atom stereocenters. The van der Waals surface area contributed by atoms with E-state index in [2.05, 4.69) is 19.2 Å². The zero-order valence-electron chi connectivity index (χ0n) is 9.73. The molecule has 5 heteroatoms. The summed E-state index contributed by atoms with van der Waals surface area (Å²) in [6, 6.07) is 3.92. The van der Waals surface area contributed by atoms with Crippen LogP contribution in [0.4, 0.5) is 5.00 Å². The van der Waals surface area contributed by atoms with Gasteiger partial charge >= 0.3 is 5.00 Å². The molecule has 0 aliphatic heterocycles. The molecule has 0 aromatic carbocycles. The minimum absolute atomic E-state index is 0.223. The summed E-state index contributed by atoms with van der Waals surface area (Å²) in [5, 5.41) is 14.2. The fourth-order valence-corrected chi connectivity index (χ4v) is 2.37. The van der Waals surface area contributed by atoms with Crippen LogP contribution in [0.3, 0.4) is 0 Å². The molecule has 0 aliphatic rings. The number of hydrogen-bond acceptors (Lipinski definition) is 4. The molecular weight excluding hydrogens is 224 g/mol. The van der Waals surface area contributed by atoms with Crippen LogP contribution in [-0.2, 0) is 6.54 Å². The average Bonchev–Trinajstić information content (AvgIpc) is 2.73. The monoisotopic (exact) mass is 242 g/mol. The Balaban J connectivity index is 2.44. The molecular formula is C11H18N2O2S. The summed E-state index contributed by atoms with van der Waals surface area (Å²) in [4.78, 5) is 11.2. The number of hydrogen-bond donors (Lipinski definition) is 1. The maximum absolute atomic E-state index is 10.5. The highest BCUT2D eigenvalue weighted by Crippen LogP contribution is 2.23. The van der Waals surface area contributed by atoms with E-state index in [9.17, 15) is 10.1 Å². The summed E-state index contributed by atoms with van der Waals surface area (Å²) in [6.07, 6.45) is 3.42. The summed E-state index contributed by atoms with van der Waals surface area (Å²) < 4.78 is 0. The molecule has 1 rings (SSSR count). The lowest BCUT2D eigenvalue weighted by Gasteiger charge is -2.14. The Bertz CT molecular complexity index is 338. The Kier molecular flexibility index (Phi) is 5.42. The zero-order valence-corrected chi connectivity index (χ0v) is 10.5. The van der Waals surface area contributed by atoms with Gasteiger partial charge in [-0.1, -0.05) is 31.6 Å². The molecule has 0 radical (unpaired) electrons. The van der Waals surface area contributed by atoms with Crippen molar-refractivity contribution in [3.63, 3.8) is 0 Å². The second-order valence-corrected chi connectivity index (χ2v) is 4.92. The van der Waals surface area contributed by atoms with Gasteiger partial charge in [0.1, 0.15) is 0 Å². The van der Waals surface area contributed by atoms with E-state index in [0.29, 0.717) is 6.04 Å². The van der Waals surface area contributed by atoms with Gasteiger partial charge in [0.25, 0.3) is 0 Å². The minimum Gasteiger partial charge on any atom is -0.309 e. The molecule has 90 valence electrons. The van der Waals surface area contributed by atoms with E-state index in [1.807, 2.05) is 6.07 Å². The van der Waals surface area contributed by atoms with Crippen molar-refractivity contribution in [2.45, 2.75) is 45.7 Å². The molecule has 0 fully saturated rings. The van der Waals surface area contributed by atoms with Crippen LogP contribution in [0.25, 0.3) is 0 Å². The topological polar surface area (TPSA) is 55.2 Å². The van der Waals surface area contributed by atoms with Gasteiger partial charge in [-0.05, 0) is 18.9 Å². The van der Waals surface area contributed by atoms with Gasteiger partial charge in [0.05, 0.1) is 4.92 Å². The molecule has 16 heavy (non-hydrogen) atoms. The van der Waals surface area contributed by atoms with Crippen LogP contribution in [0, 0.1) is 10.1 Å². The first-order chi connectivity index (χ1) is 7.67. The molecule has 1 N–H and O–H groups in total. The van der Waals surface area contributed by atoms with E-state index in [0.717, 1.165) is 30.7 Å². The van der Waals surface area contributed by atoms with Gasteiger partial charge < -0.3 is 5.32 Å². The second kappa shape index (κ2) is 6.60. The zero-order chi connectivity index (χ0) is 12.0. The summed E-state index contributed by atoms with van der Waals surface area (Å²) >= 11 is 1.25. The maximum Gasteiger partial charge on any atom is 0.324 e. The van der Waals surface area contributed by atoms with Crippen LogP contribution >= 0.6 is 11.3 Å². The Morgan fingerprint density at radius 1 is 1.50 bits per heavy atom. The Morgan fingerprint density at radius 2 is 2.25 bits per heavy atom. The molecule has 0 saturated carbocycles. The predicted octanol–water partition coefficient (Wildman–Crippen LogP) is 3.32. The lowest BCUT2D eigenvalue weighted by atomic mass is 10.1. The van der Waals surface area contributed by atoms with Crippen molar-refractivity contribution in [2.24, 2.45) is 0 Å². The van der Waals surface area contributed by atoms with E-state index in [4.69, 9.17) is 0 Å². The highest BCUT2D eigenvalue weighted by molar-refractivity contribution is 7.15. The lowest BCUT2D eigenvalue weighted by Crippen LogP contribution is -2.27. The van der Waals surface area contributed by atoms with E-state index in [1.54, 1.807) is 6.07 Å². The normalized spacial score (nSPS) is 12.6. The van der Waals surface area contributed by atoms with E-state index >= 15 is 0 Å². The van der Waals surface area contributed by atoms with Crippen molar-refractivity contribution in [1.82, 2.24) is 5.32 Å². The summed E-state index contributed by atoms with van der Waals surface area (Å²) in [6.45, 7) is 5.06. The number of nitrogens with one attached hydrogen (secondary N) is 1. The largest absolute Gasteiger partial charge is 0.324 e. The molecule has 0 spiro atoms. The molecule has 1 heterocycles. The van der Waals surface area contributed by atoms with Crippen molar-refractivity contribution < 1.29 is 4.92 Å². The van der Waals surface area contributed by atoms with Crippen molar-refractivity contribution in [2.75, 3.05) is 0 Å². The molecule has 1 aromatic heterocycles. The third-order valence-electron chi connectivity index (χ3n) is 2.52. The molecule has 4 nitrogen and oxygen atoms in total. The van der Waals surface area contributed by atoms with Gasteiger partial charge in [0, 0.05) is 23.5 Å². The first kappa shape index (κ1) is 13.1. The van der Waals surface area contributed by atoms with Crippen molar-refractivity contribution in [3.8, 4) is 0 Å². The highest BCUT2D eigenvalue weighted by atomic mass is 32.1. The van der Waals surface area contributed by atoms with Crippen LogP contribution in [0.2, 0.25) is 0 Å². The number of nitro groups is 1. The minimum atomic E-state index is -0.336. The van der Waals surface area contributed by atoms with E-state index in [-0.39, 0.29) is 9.92 Å². The number of thiophene rings is 1. The lowest BCUT2D eigenvalue weighted by molar-refractivity contribution is -0.380. The van der Waals surface area contributed by atoms with Crippen molar-refractivity contribution in [3.05, 3.63) is 27.1 Å². The van der Waals surface area contributed by atoms with E-state index in [1.165, 1.54) is 11.3 Å². The third kappa shape index (κ3) is 3.90. The quantitative estimate of drug-likeness (QED) is 0.589. The molecule has 1 unspecified atom stereocenters. The van der Waals surface area contributed by atoms with Gasteiger partial charge in [-0.25, -0.2) is 0 Å². The Morgan fingerprint density at radius 3 is 2.75 bits per heavy atom. The maximum atomic E-state index is 10.5. The predicted molar refractivity (Wildman–Crippen MR) is 66.8 cm³/mol. The molecule has 0 saturated heterocycles. The highest BCUT2D eigenvalue weighted by Gasteiger charge is 2.10. The fraction of sp³-hybridized carbons (Fsp3) is 0.636. The molecule has 0 aliphatic carbocycles. The molecule has 1 aromatic rings. The fourth-order valence-electron chi connectivity index (χ4n) is 1.60. The number of nitrogens with zero attached hydrogens (tertiary/aromatic N) is 1. The van der Waals surface area contributed by atoms with Crippen LogP contribution in [0.15, 0.2) is 12.1 Å². The summed E-state index contributed by atoms with van der Waals surface area (Å²) in [5.41, 5.74) is 0. The van der Waals surface area contributed by atoms with Crippen LogP contribution in [-0.4, -0.2) is 11.0 Å². The Hall–Kier alpha value is -0.940. The van der Waals surface area contributed by atoms with Crippen molar-refractivity contribution in [1.29, 1.82) is 0 Å². The van der Waals surface area contributed by atoms with Gasteiger partial charge in [0.15, 0.2) is 0 Å². The average molecular weight is 242 g/mol. The second-order valence-electron chi connectivity index (χ2n) is 3.77. The molecule has 0 bridgehead atoms. The van der Waals surface area contributed by atoms with Gasteiger partial charge in [-0.2, -0.15) is 0 Å². The smallest absolute Gasteiger partial charge is 0.309 e. The van der Waals surface area contributed by atoms with Crippen molar-refractivity contribution >= 4 is 16.3 Å². The van der Waals surface area contributed by atoms with Crippen LogP contribution in [0.1, 0.15) is 38.0 Å². The first-order valence-electron chi connectivity index (χ1n) is 5.63. The summed E-state index contributed by atoms with van der Waals surface area (Å²) in [5.74, 6) is 0. The van der Waals surface area contributed by atoms with Gasteiger partial charge in [-0.15, -0.1) is 0 Å². The van der Waals surface area contributed by atoms with E-state index < -0.39 is 0 Å².